The molecular formula is C14H14F4N2O4. The average Bonchev–Trinajstić information content (AvgIpc) is 2.45. The smallest absolute Gasteiger partial charge is 0.437 e. The van der Waals surface area contributed by atoms with E-state index >= 15 is 0 Å². The number of urea groups is 1. The van der Waals surface area contributed by atoms with Crippen molar-refractivity contribution in [1.82, 2.24) is 10.6 Å². The summed E-state index contributed by atoms with van der Waals surface area (Å²) in [4.78, 5) is 23.7. The molecule has 1 aromatic rings. The van der Waals surface area contributed by atoms with Gasteiger partial charge in [0.2, 0.25) is 0 Å². The van der Waals surface area contributed by atoms with Gasteiger partial charge < -0.3 is 20.5 Å². The molecule has 1 fully saturated rings. The lowest BCUT2D eigenvalue weighted by Gasteiger charge is -2.44. The zero-order valence-electron chi connectivity index (χ0n) is 12.4. The summed E-state index contributed by atoms with van der Waals surface area (Å²) in [6, 6.07) is 1.50. The van der Waals surface area contributed by atoms with E-state index in [4.69, 9.17) is 0 Å². The number of carbonyl (C=O) groups is 2. The van der Waals surface area contributed by atoms with Gasteiger partial charge in [-0.2, -0.15) is 13.2 Å². The molecule has 0 aromatic heterocycles. The number of alkyl halides is 3. The Morgan fingerprint density at radius 2 is 2.00 bits per heavy atom. The molecule has 1 aromatic carbocycles. The monoisotopic (exact) mass is 350 g/mol. The molecule has 0 bridgehead atoms. The number of hydrogen-bond donors (Lipinski definition) is 3. The third kappa shape index (κ3) is 3.01. The fraction of sp³-hybridized carbons (Fsp3) is 0.429. The first kappa shape index (κ1) is 18.0. The van der Waals surface area contributed by atoms with Gasteiger partial charge in [-0.1, -0.05) is 18.2 Å². The molecule has 2 amide bonds. The van der Waals surface area contributed by atoms with E-state index in [1.165, 1.54) is 24.4 Å². The van der Waals surface area contributed by atoms with Crippen molar-refractivity contribution >= 4 is 12.0 Å². The van der Waals surface area contributed by atoms with E-state index in [1.54, 1.807) is 0 Å². The first-order chi connectivity index (χ1) is 11.1. The number of hydrogen-bond acceptors (Lipinski definition) is 4. The summed E-state index contributed by atoms with van der Waals surface area (Å²) >= 11 is 0. The molecule has 132 valence electrons. The van der Waals surface area contributed by atoms with Crippen molar-refractivity contribution in [2.24, 2.45) is 5.92 Å². The van der Waals surface area contributed by atoms with Crippen molar-refractivity contribution in [3.05, 3.63) is 35.6 Å². The first-order valence-electron chi connectivity index (χ1n) is 6.90. The Morgan fingerprint density at radius 3 is 2.54 bits per heavy atom. The Labute approximate surface area is 133 Å². The second kappa shape index (κ2) is 6.27. The third-order valence-corrected chi connectivity index (χ3v) is 3.59. The molecule has 0 aliphatic carbocycles. The lowest BCUT2D eigenvalue weighted by molar-refractivity contribution is -0.294. The zero-order chi connectivity index (χ0) is 18.1. The summed E-state index contributed by atoms with van der Waals surface area (Å²) in [5.74, 6) is -4.71. The summed E-state index contributed by atoms with van der Waals surface area (Å²) in [7, 11) is 0. The molecule has 0 saturated carbocycles. The van der Waals surface area contributed by atoms with Crippen LogP contribution in [-0.2, 0) is 9.53 Å². The van der Waals surface area contributed by atoms with Crippen LogP contribution in [0.2, 0.25) is 0 Å². The lowest BCUT2D eigenvalue weighted by Crippen LogP contribution is -2.73. The zero-order valence-corrected chi connectivity index (χ0v) is 12.4. The van der Waals surface area contributed by atoms with Crippen molar-refractivity contribution in [2.45, 2.75) is 24.9 Å². The summed E-state index contributed by atoms with van der Waals surface area (Å²) in [5.41, 5.74) is -4.29. The van der Waals surface area contributed by atoms with Gasteiger partial charge in [-0.25, -0.2) is 9.18 Å². The predicted octanol–water partition coefficient (Wildman–Crippen LogP) is 1.61. The van der Waals surface area contributed by atoms with Gasteiger partial charge in [0, 0.05) is 5.56 Å². The highest BCUT2D eigenvalue weighted by Gasteiger charge is 2.67. The molecule has 1 aliphatic heterocycles. The fourth-order valence-electron chi connectivity index (χ4n) is 2.52. The van der Waals surface area contributed by atoms with Crippen LogP contribution in [0.4, 0.5) is 22.4 Å². The molecule has 2 rings (SSSR count). The van der Waals surface area contributed by atoms with E-state index in [2.05, 4.69) is 4.74 Å². The first-order valence-corrected chi connectivity index (χ1v) is 6.90. The number of aliphatic hydroxyl groups is 1. The molecule has 10 heteroatoms. The molecule has 24 heavy (non-hydrogen) atoms. The highest BCUT2D eigenvalue weighted by Crippen LogP contribution is 2.43. The van der Waals surface area contributed by atoms with Crippen LogP contribution in [0.5, 0.6) is 0 Å². The number of amides is 2. The summed E-state index contributed by atoms with van der Waals surface area (Å²) in [6.07, 6.45) is -5.40. The molecule has 3 atom stereocenters. The summed E-state index contributed by atoms with van der Waals surface area (Å²) in [6.45, 7) is 1.10. The predicted molar refractivity (Wildman–Crippen MR) is 71.9 cm³/mol. The molecule has 1 aliphatic rings. The van der Waals surface area contributed by atoms with Crippen molar-refractivity contribution in [2.75, 3.05) is 6.61 Å². The maximum Gasteiger partial charge on any atom is 0.437 e. The Hall–Kier alpha value is -2.36. The maximum atomic E-state index is 14.0. The van der Waals surface area contributed by atoms with Crippen LogP contribution < -0.4 is 10.6 Å². The molecule has 0 radical (unpaired) electrons. The largest absolute Gasteiger partial charge is 0.466 e. The van der Waals surface area contributed by atoms with E-state index in [0.29, 0.717) is 0 Å². The van der Waals surface area contributed by atoms with Crippen molar-refractivity contribution < 1.29 is 37.0 Å². The highest BCUT2D eigenvalue weighted by atomic mass is 19.4. The second-order valence-electron chi connectivity index (χ2n) is 5.09. The fourth-order valence-corrected chi connectivity index (χ4v) is 2.52. The second-order valence-corrected chi connectivity index (χ2v) is 5.09. The Kier molecular flexibility index (Phi) is 4.70. The third-order valence-electron chi connectivity index (χ3n) is 3.59. The molecule has 1 saturated heterocycles. The van der Waals surface area contributed by atoms with E-state index in [0.717, 1.165) is 12.1 Å². The van der Waals surface area contributed by atoms with Gasteiger partial charge in [0.1, 0.15) is 11.7 Å². The van der Waals surface area contributed by atoms with Gasteiger partial charge in [0.25, 0.3) is 5.72 Å². The summed E-state index contributed by atoms with van der Waals surface area (Å²) in [5, 5.41) is 13.4. The van der Waals surface area contributed by atoms with Gasteiger partial charge >= 0.3 is 18.2 Å². The molecule has 6 nitrogen and oxygen atoms in total. The summed E-state index contributed by atoms with van der Waals surface area (Å²) < 4.78 is 58.6. The number of nitrogens with one attached hydrogen (secondary N) is 2. The van der Waals surface area contributed by atoms with Crippen LogP contribution in [0.1, 0.15) is 18.5 Å². The quantitative estimate of drug-likeness (QED) is 0.571. The minimum atomic E-state index is -5.40. The Morgan fingerprint density at radius 1 is 1.38 bits per heavy atom. The van der Waals surface area contributed by atoms with Crippen LogP contribution in [0.15, 0.2) is 24.3 Å². The topological polar surface area (TPSA) is 87.7 Å². The number of halogens is 4. The van der Waals surface area contributed by atoms with Crippen molar-refractivity contribution in [3.63, 3.8) is 0 Å². The van der Waals surface area contributed by atoms with Crippen LogP contribution in [0.25, 0.3) is 0 Å². The number of ether oxygens (including phenoxy) is 1. The SMILES string of the molecule is CCOC(=O)[C@@H]1[C@H](c2ccccc2F)NC(=O)N[C@@]1(O)C(F)(F)F. The van der Waals surface area contributed by atoms with Crippen molar-refractivity contribution in [1.29, 1.82) is 0 Å². The maximum absolute atomic E-state index is 14.0. The molecule has 1 heterocycles. The van der Waals surface area contributed by atoms with Gasteiger partial charge in [-0.05, 0) is 13.0 Å². The molecular weight excluding hydrogens is 336 g/mol. The van der Waals surface area contributed by atoms with Crippen LogP contribution in [0.3, 0.4) is 0 Å². The number of carbonyl (C=O) groups excluding carboxylic acids is 2. The van der Waals surface area contributed by atoms with E-state index < -0.39 is 41.7 Å². The average molecular weight is 350 g/mol. The molecule has 0 spiro atoms. The van der Waals surface area contributed by atoms with Gasteiger partial charge in [-0.15, -0.1) is 0 Å². The minimum Gasteiger partial charge on any atom is -0.466 e. The van der Waals surface area contributed by atoms with Crippen LogP contribution >= 0.6 is 0 Å². The van der Waals surface area contributed by atoms with Crippen molar-refractivity contribution in [3.8, 4) is 0 Å². The number of benzene rings is 1. The normalized spacial score (nSPS) is 27.2. The van der Waals surface area contributed by atoms with Crippen LogP contribution in [-0.4, -0.2) is 35.6 Å². The molecule has 0 unspecified atom stereocenters. The standard InChI is InChI=1S/C14H14F4N2O4/c1-2-24-11(21)9-10(7-5-3-4-6-8(7)15)19-12(22)20-13(9,23)14(16,17)18/h3-6,9-10,23H,2H2,1H3,(H2,19,20,22)/t9-,10-,13-/m0/s1. The Bertz CT molecular complexity index is 652. The number of rotatable bonds is 3. The van der Waals surface area contributed by atoms with Gasteiger partial charge in [-0.3, -0.25) is 4.79 Å². The molecule has 3 N–H and O–H groups in total. The van der Waals surface area contributed by atoms with Gasteiger partial charge in [0.15, 0.2) is 0 Å². The van der Waals surface area contributed by atoms with Gasteiger partial charge in [0.05, 0.1) is 12.6 Å². The Balaban J connectivity index is 2.60. The minimum absolute atomic E-state index is 0.263. The van der Waals surface area contributed by atoms with E-state index in [9.17, 15) is 32.3 Å². The highest BCUT2D eigenvalue weighted by molar-refractivity contribution is 5.83. The van der Waals surface area contributed by atoms with E-state index in [1.807, 2.05) is 5.32 Å². The van der Waals surface area contributed by atoms with E-state index in [-0.39, 0.29) is 12.2 Å². The van der Waals surface area contributed by atoms with Crippen LogP contribution in [0, 0.1) is 11.7 Å². The lowest BCUT2D eigenvalue weighted by atomic mass is 9.82. The number of esters is 1.